The maximum absolute atomic E-state index is 10.7. The Bertz CT molecular complexity index is 520. The number of likely N-dealkylation sites (tertiary alicyclic amines) is 1. The van der Waals surface area contributed by atoms with E-state index in [0.717, 1.165) is 38.4 Å². The molecule has 2 aliphatic heterocycles. The SMILES string of the molecule is O[C@H]1Cc2ccccc2C12CCN(C1CSCCSC1)CC2. The molecule has 4 rings (SSSR count). The number of rotatable bonds is 1. The Kier molecular flexibility index (Phi) is 4.46. The molecule has 0 aromatic heterocycles. The molecule has 2 saturated heterocycles. The predicted octanol–water partition coefficient (Wildman–Crippen LogP) is 2.79. The van der Waals surface area contributed by atoms with E-state index < -0.39 is 0 Å². The van der Waals surface area contributed by atoms with Gasteiger partial charge in [-0.3, -0.25) is 4.90 Å². The van der Waals surface area contributed by atoms with E-state index in [2.05, 4.69) is 52.7 Å². The van der Waals surface area contributed by atoms with E-state index in [1.807, 2.05) is 0 Å². The molecule has 0 amide bonds. The fourth-order valence-corrected chi connectivity index (χ4v) is 7.10. The van der Waals surface area contributed by atoms with Gasteiger partial charge in [0.15, 0.2) is 0 Å². The van der Waals surface area contributed by atoms with Gasteiger partial charge in [0, 0.05) is 34.5 Å². The van der Waals surface area contributed by atoms with Crippen molar-refractivity contribution in [3.05, 3.63) is 35.4 Å². The molecular formula is C18H25NOS2. The van der Waals surface area contributed by atoms with Gasteiger partial charge in [0.2, 0.25) is 0 Å². The summed E-state index contributed by atoms with van der Waals surface area (Å²) < 4.78 is 0. The zero-order chi connectivity index (χ0) is 15.0. The lowest BCUT2D eigenvalue weighted by Crippen LogP contribution is -2.51. The van der Waals surface area contributed by atoms with Gasteiger partial charge in [-0.05, 0) is 43.5 Å². The Morgan fingerprint density at radius 1 is 1.05 bits per heavy atom. The van der Waals surface area contributed by atoms with Crippen molar-refractivity contribution in [2.45, 2.75) is 36.8 Å². The molecule has 120 valence electrons. The van der Waals surface area contributed by atoms with Crippen molar-refractivity contribution in [2.75, 3.05) is 36.1 Å². The number of fused-ring (bicyclic) bond motifs is 2. The van der Waals surface area contributed by atoms with Crippen LogP contribution in [-0.2, 0) is 11.8 Å². The Morgan fingerprint density at radius 2 is 1.73 bits per heavy atom. The van der Waals surface area contributed by atoms with Gasteiger partial charge in [-0.1, -0.05) is 24.3 Å². The minimum Gasteiger partial charge on any atom is -0.392 e. The number of aliphatic hydroxyl groups is 1. The van der Waals surface area contributed by atoms with E-state index in [0.29, 0.717) is 0 Å². The van der Waals surface area contributed by atoms with Crippen LogP contribution in [0.3, 0.4) is 0 Å². The van der Waals surface area contributed by atoms with Crippen LogP contribution in [0.1, 0.15) is 24.0 Å². The average molecular weight is 336 g/mol. The zero-order valence-electron chi connectivity index (χ0n) is 13.0. The van der Waals surface area contributed by atoms with Gasteiger partial charge in [0.05, 0.1) is 6.10 Å². The highest BCUT2D eigenvalue weighted by molar-refractivity contribution is 8.03. The second-order valence-corrected chi connectivity index (χ2v) is 9.17. The highest BCUT2D eigenvalue weighted by atomic mass is 32.2. The molecule has 1 aromatic rings. The van der Waals surface area contributed by atoms with Crippen molar-refractivity contribution < 1.29 is 5.11 Å². The second kappa shape index (κ2) is 6.39. The Morgan fingerprint density at radius 3 is 2.45 bits per heavy atom. The number of thioether (sulfide) groups is 2. The van der Waals surface area contributed by atoms with Gasteiger partial charge in [-0.25, -0.2) is 0 Å². The number of benzene rings is 1. The van der Waals surface area contributed by atoms with Crippen molar-refractivity contribution >= 4 is 23.5 Å². The molecule has 2 heterocycles. The van der Waals surface area contributed by atoms with Crippen LogP contribution in [-0.4, -0.2) is 58.3 Å². The molecular weight excluding hydrogens is 310 g/mol. The number of aliphatic hydroxyl groups excluding tert-OH is 1. The smallest absolute Gasteiger partial charge is 0.0678 e. The van der Waals surface area contributed by atoms with Gasteiger partial charge in [0.1, 0.15) is 0 Å². The minimum absolute atomic E-state index is 0.0398. The van der Waals surface area contributed by atoms with Crippen LogP contribution in [0.2, 0.25) is 0 Å². The van der Waals surface area contributed by atoms with Crippen LogP contribution in [0.15, 0.2) is 24.3 Å². The highest BCUT2D eigenvalue weighted by Crippen LogP contribution is 2.46. The fraction of sp³-hybridized carbons (Fsp3) is 0.667. The standard InChI is InChI=1S/C18H25NOS2/c20-17-11-14-3-1-2-4-16(14)18(17)5-7-19(8-6-18)15-12-21-9-10-22-13-15/h1-4,15,17,20H,5-13H2/t17-/m0/s1. The molecule has 0 bridgehead atoms. The summed E-state index contributed by atoms with van der Waals surface area (Å²) >= 11 is 4.24. The van der Waals surface area contributed by atoms with Crippen LogP contribution in [0, 0.1) is 0 Å². The van der Waals surface area contributed by atoms with Crippen LogP contribution in [0.4, 0.5) is 0 Å². The van der Waals surface area contributed by atoms with Crippen molar-refractivity contribution in [3.63, 3.8) is 0 Å². The third-order valence-electron chi connectivity index (χ3n) is 5.80. The monoisotopic (exact) mass is 335 g/mol. The van der Waals surface area contributed by atoms with Gasteiger partial charge in [-0.2, -0.15) is 23.5 Å². The summed E-state index contributed by atoms with van der Waals surface area (Å²) in [5.74, 6) is 5.20. The first-order valence-corrected chi connectivity index (χ1v) is 10.8. The van der Waals surface area contributed by atoms with Crippen LogP contribution in [0.25, 0.3) is 0 Å². The molecule has 1 spiro atoms. The second-order valence-electron chi connectivity index (χ2n) is 6.87. The van der Waals surface area contributed by atoms with Crippen molar-refractivity contribution in [1.82, 2.24) is 4.90 Å². The van der Waals surface area contributed by atoms with E-state index in [-0.39, 0.29) is 11.5 Å². The van der Waals surface area contributed by atoms with Gasteiger partial charge < -0.3 is 5.11 Å². The lowest BCUT2D eigenvalue weighted by molar-refractivity contribution is 0.0361. The van der Waals surface area contributed by atoms with Crippen LogP contribution < -0.4 is 0 Å². The Balaban J connectivity index is 1.49. The van der Waals surface area contributed by atoms with Gasteiger partial charge in [-0.15, -0.1) is 0 Å². The van der Waals surface area contributed by atoms with E-state index >= 15 is 0 Å². The fourth-order valence-electron chi connectivity index (χ4n) is 4.47. The predicted molar refractivity (Wildman–Crippen MR) is 97.1 cm³/mol. The van der Waals surface area contributed by atoms with Crippen molar-refractivity contribution in [1.29, 1.82) is 0 Å². The number of piperidine rings is 1. The zero-order valence-corrected chi connectivity index (χ0v) is 14.7. The number of hydrogen-bond donors (Lipinski definition) is 1. The van der Waals surface area contributed by atoms with Crippen LogP contribution >= 0.6 is 23.5 Å². The number of hydrogen-bond acceptors (Lipinski definition) is 4. The first-order chi connectivity index (χ1) is 10.8. The molecule has 0 unspecified atom stereocenters. The molecule has 0 radical (unpaired) electrons. The van der Waals surface area contributed by atoms with Crippen LogP contribution in [0.5, 0.6) is 0 Å². The van der Waals surface area contributed by atoms with Gasteiger partial charge in [0.25, 0.3) is 0 Å². The van der Waals surface area contributed by atoms with Crippen molar-refractivity contribution in [2.24, 2.45) is 0 Å². The number of nitrogens with zero attached hydrogens (tertiary/aromatic N) is 1. The van der Waals surface area contributed by atoms with E-state index in [9.17, 15) is 5.11 Å². The van der Waals surface area contributed by atoms with Crippen molar-refractivity contribution in [3.8, 4) is 0 Å². The molecule has 0 saturated carbocycles. The lowest BCUT2D eigenvalue weighted by Gasteiger charge is -2.44. The van der Waals surface area contributed by atoms with E-state index in [1.165, 1.54) is 34.1 Å². The molecule has 22 heavy (non-hydrogen) atoms. The maximum Gasteiger partial charge on any atom is 0.0678 e. The lowest BCUT2D eigenvalue weighted by atomic mass is 9.72. The van der Waals surface area contributed by atoms with E-state index in [1.54, 1.807) is 0 Å². The summed E-state index contributed by atoms with van der Waals surface area (Å²) in [6, 6.07) is 9.46. The Labute approximate surface area is 142 Å². The maximum atomic E-state index is 10.7. The topological polar surface area (TPSA) is 23.5 Å². The Hall–Kier alpha value is -0.160. The molecule has 1 atom stereocenters. The van der Waals surface area contributed by atoms with E-state index in [4.69, 9.17) is 0 Å². The highest BCUT2D eigenvalue weighted by Gasteiger charge is 2.48. The minimum atomic E-state index is -0.176. The summed E-state index contributed by atoms with van der Waals surface area (Å²) in [4.78, 5) is 2.70. The third kappa shape index (κ3) is 2.62. The summed E-state index contributed by atoms with van der Waals surface area (Å²) in [5, 5.41) is 10.7. The summed E-state index contributed by atoms with van der Waals surface area (Å²) in [7, 11) is 0. The summed E-state index contributed by atoms with van der Waals surface area (Å²) in [6.45, 7) is 2.30. The largest absolute Gasteiger partial charge is 0.392 e. The average Bonchev–Trinajstić information content (AvgIpc) is 2.75. The first-order valence-electron chi connectivity index (χ1n) is 8.45. The molecule has 3 aliphatic rings. The quantitative estimate of drug-likeness (QED) is 0.852. The molecule has 1 aliphatic carbocycles. The summed E-state index contributed by atoms with van der Waals surface area (Å²) in [6.07, 6.45) is 2.92. The molecule has 4 heteroatoms. The normalized spacial score (nSPS) is 29.4. The molecule has 1 N–H and O–H groups in total. The molecule has 2 fully saturated rings. The first kappa shape index (κ1) is 15.4. The molecule has 1 aromatic carbocycles. The van der Waals surface area contributed by atoms with Gasteiger partial charge >= 0.3 is 0 Å². The third-order valence-corrected chi connectivity index (χ3v) is 8.29. The summed E-state index contributed by atoms with van der Waals surface area (Å²) in [5.41, 5.74) is 2.86. The molecule has 2 nitrogen and oxygen atoms in total.